The van der Waals surface area contributed by atoms with E-state index in [0.717, 1.165) is 4.88 Å². The summed E-state index contributed by atoms with van der Waals surface area (Å²) in [6, 6.07) is 6.04. The van der Waals surface area contributed by atoms with Crippen LogP contribution in [0.15, 0.2) is 39.2 Å². The second-order valence-electron chi connectivity index (χ2n) is 4.63. The second-order valence-corrected chi connectivity index (χ2v) is 7.26. The Morgan fingerprint density at radius 2 is 2.05 bits per heavy atom. The lowest BCUT2D eigenvalue weighted by Crippen LogP contribution is -2.31. The van der Waals surface area contributed by atoms with Gasteiger partial charge in [0.25, 0.3) is 10.0 Å². The van der Waals surface area contributed by atoms with Crippen LogP contribution >= 0.6 is 11.3 Å². The lowest BCUT2D eigenvalue weighted by Gasteiger charge is -2.20. The van der Waals surface area contributed by atoms with E-state index in [0.29, 0.717) is 6.29 Å². The number of thiophene rings is 1. The molecule has 2 rings (SSSR count). The van der Waals surface area contributed by atoms with Gasteiger partial charge in [0.15, 0.2) is 12.0 Å². The molecule has 0 aromatic carbocycles. The Morgan fingerprint density at radius 1 is 1.30 bits per heavy atom. The molecule has 0 radical (unpaired) electrons. The summed E-state index contributed by atoms with van der Waals surface area (Å²) in [7, 11) is -3.79. The Bertz CT molecular complexity index is 671. The molecule has 0 aliphatic carbocycles. The van der Waals surface area contributed by atoms with E-state index in [4.69, 9.17) is 4.42 Å². The van der Waals surface area contributed by atoms with Crippen molar-refractivity contribution in [3.8, 4) is 0 Å². The van der Waals surface area contributed by atoms with Crippen molar-refractivity contribution >= 4 is 27.6 Å². The molecule has 0 aliphatic heterocycles. The number of nitrogens with one attached hydrogen (secondary N) is 1. The van der Waals surface area contributed by atoms with Crippen LogP contribution < -0.4 is 4.72 Å². The molecule has 0 saturated heterocycles. The minimum atomic E-state index is -3.79. The minimum absolute atomic E-state index is 0.0115. The molecule has 5 nitrogen and oxygen atoms in total. The molecule has 0 saturated carbocycles. The van der Waals surface area contributed by atoms with Crippen molar-refractivity contribution in [1.82, 2.24) is 4.72 Å². The first-order valence-electron chi connectivity index (χ1n) is 6.05. The zero-order valence-electron chi connectivity index (χ0n) is 11.1. The van der Waals surface area contributed by atoms with Gasteiger partial charge in [0, 0.05) is 4.88 Å². The molecule has 1 unspecified atom stereocenters. The zero-order chi connectivity index (χ0) is 14.8. The number of furan rings is 1. The van der Waals surface area contributed by atoms with Gasteiger partial charge in [-0.15, -0.1) is 11.3 Å². The summed E-state index contributed by atoms with van der Waals surface area (Å²) in [6.45, 7) is 3.87. The third-order valence-electron chi connectivity index (χ3n) is 2.78. The van der Waals surface area contributed by atoms with E-state index in [2.05, 4.69) is 4.72 Å². The number of carbonyl (C=O) groups excluding carboxylic acids is 1. The Morgan fingerprint density at radius 3 is 2.55 bits per heavy atom. The first-order valence-corrected chi connectivity index (χ1v) is 8.41. The quantitative estimate of drug-likeness (QED) is 0.832. The summed E-state index contributed by atoms with van der Waals surface area (Å²) in [5.74, 6) is 0.0755. The van der Waals surface area contributed by atoms with Crippen molar-refractivity contribution in [1.29, 1.82) is 0 Å². The van der Waals surface area contributed by atoms with E-state index in [9.17, 15) is 13.2 Å². The number of rotatable bonds is 6. The molecule has 20 heavy (non-hydrogen) atoms. The first kappa shape index (κ1) is 15.0. The molecule has 2 heterocycles. The minimum Gasteiger partial charge on any atom is -0.440 e. The van der Waals surface area contributed by atoms with E-state index in [-0.39, 0.29) is 22.8 Å². The predicted octanol–water partition coefficient (Wildman–Crippen LogP) is 2.83. The smallest absolute Gasteiger partial charge is 0.274 e. The average molecular weight is 313 g/mol. The highest BCUT2D eigenvalue weighted by Crippen LogP contribution is 2.28. The molecule has 0 bridgehead atoms. The summed E-state index contributed by atoms with van der Waals surface area (Å²) in [6.07, 6.45) is 0.470. The van der Waals surface area contributed by atoms with Gasteiger partial charge in [-0.1, -0.05) is 19.9 Å². The molecule has 2 aromatic rings. The van der Waals surface area contributed by atoms with Gasteiger partial charge in [-0.25, -0.2) is 8.42 Å². The maximum atomic E-state index is 12.3. The highest BCUT2D eigenvalue weighted by Gasteiger charge is 2.26. The third-order valence-corrected chi connectivity index (χ3v) is 5.05. The van der Waals surface area contributed by atoms with Crippen molar-refractivity contribution in [3.05, 3.63) is 40.3 Å². The van der Waals surface area contributed by atoms with Crippen LogP contribution in [0.4, 0.5) is 0 Å². The molecular weight excluding hydrogens is 298 g/mol. The molecular formula is C13H15NO4S2. The molecule has 108 valence electrons. The fraction of sp³-hybridized carbons (Fsp3) is 0.308. The fourth-order valence-corrected chi connectivity index (χ4v) is 4.08. The normalized spacial score (nSPS) is 13.6. The van der Waals surface area contributed by atoms with Crippen molar-refractivity contribution in [2.24, 2.45) is 5.92 Å². The van der Waals surface area contributed by atoms with Gasteiger partial charge in [0.1, 0.15) is 0 Å². The average Bonchev–Trinajstić information content (AvgIpc) is 3.06. The van der Waals surface area contributed by atoms with Gasteiger partial charge in [-0.2, -0.15) is 4.72 Å². The first-order chi connectivity index (χ1) is 9.44. The maximum Gasteiger partial charge on any atom is 0.274 e. The molecule has 0 amide bonds. The Labute approximate surface area is 121 Å². The topological polar surface area (TPSA) is 76.4 Å². The van der Waals surface area contributed by atoms with Gasteiger partial charge in [0.2, 0.25) is 5.09 Å². The molecule has 0 fully saturated rings. The number of sulfonamides is 1. The van der Waals surface area contributed by atoms with Crippen molar-refractivity contribution in [2.75, 3.05) is 0 Å². The summed E-state index contributed by atoms with van der Waals surface area (Å²) in [5, 5.41) is 1.65. The molecule has 0 spiro atoms. The van der Waals surface area contributed by atoms with Crippen LogP contribution in [0, 0.1) is 5.92 Å². The monoisotopic (exact) mass is 313 g/mol. The fourth-order valence-electron chi connectivity index (χ4n) is 1.76. The highest BCUT2D eigenvalue weighted by molar-refractivity contribution is 7.89. The molecule has 2 aromatic heterocycles. The Hall–Kier alpha value is -1.44. The number of hydrogen-bond acceptors (Lipinski definition) is 5. The molecule has 0 aliphatic rings. The van der Waals surface area contributed by atoms with Crippen LogP contribution in [0.3, 0.4) is 0 Å². The summed E-state index contributed by atoms with van der Waals surface area (Å²) >= 11 is 1.49. The lowest BCUT2D eigenvalue weighted by atomic mass is 10.0. The van der Waals surface area contributed by atoms with Gasteiger partial charge in [0.05, 0.1) is 6.04 Å². The molecule has 1 N–H and O–H groups in total. The van der Waals surface area contributed by atoms with Crippen molar-refractivity contribution < 1.29 is 17.6 Å². The van der Waals surface area contributed by atoms with Crippen LogP contribution in [0.25, 0.3) is 0 Å². The van der Waals surface area contributed by atoms with E-state index in [1.807, 2.05) is 31.4 Å². The molecule has 7 heteroatoms. The van der Waals surface area contributed by atoms with Crippen LogP contribution in [0.5, 0.6) is 0 Å². The van der Waals surface area contributed by atoms with Gasteiger partial charge in [-0.05, 0) is 29.5 Å². The van der Waals surface area contributed by atoms with Crippen LogP contribution in [-0.2, 0) is 10.0 Å². The van der Waals surface area contributed by atoms with Crippen LogP contribution in [0.1, 0.15) is 35.3 Å². The maximum absolute atomic E-state index is 12.3. The standard InChI is InChI=1S/C13H15NO4S2/c1-9(2)13(11-4-3-7-19-11)14-20(16,17)12-6-5-10(8-15)18-12/h3-9,13-14H,1-2H3. The van der Waals surface area contributed by atoms with Gasteiger partial charge < -0.3 is 4.42 Å². The van der Waals surface area contributed by atoms with E-state index in [1.165, 1.54) is 23.5 Å². The second kappa shape index (κ2) is 5.90. The lowest BCUT2D eigenvalue weighted by molar-refractivity contribution is 0.109. The number of hydrogen-bond donors (Lipinski definition) is 1. The predicted molar refractivity (Wildman–Crippen MR) is 76.3 cm³/mol. The van der Waals surface area contributed by atoms with Gasteiger partial charge in [-0.3, -0.25) is 4.79 Å². The van der Waals surface area contributed by atoms with Gasteiger partial charge >= 0.3 is 0 Å². The van der Waals surface area contributed by atoms with Crippen molar-refractivity contribution in [3.63, 3.8) is 0 Å². The zero-order valence-corrected chi connectivity index (χ0v) is 12.7. The summed E-state index contributed by atoms with van der Waals surface area (Å²) < 4.78 is 32.1. The highest BCUT2D eigenvalue weighted by atomic mass is 32.2. The van der Waals surface area contributed by atoms with E-state index < -0.39 is 10.0 Å². The molecule has 1 atom stereocenters. The Balaban J connectivity index is 2.27. The van der Waals surface area contributed by atoms with Crippen molar-refractivity contribution in [2.45, 2.75) is 25.0 Å². The van der Waals surface area contributed by atoms with Crippen LogP contribution in [0.2, 0.25) is 0 Å². The van der Waals surface area contributed by atoms with E-state index in [1.54, 1.807) is 0 Å². The summed E-state index contributed by atoms with van der Waals surface area (Å²) in [5.41, 5.74) is 0. The largest absolute Gasteiger partial charge is 0.440 e. The third kappa shape index (κ3) is 3.17. The Kier molecular flexibility index (Phi) is 4.42. The number of carbonyl (C=O) groups is 1. The summed E-state index contributed by atoms with van der Waals surface area (Å²) in [4.78, 5) is 11.5. The SMILES string of the molecule is CC(C)C(NS(=O)(=O)c1ccc(C=O)o1)c1cccs1. The van der Waals surface area contributed by atoms with Crippen LogP contribution in [-0.4, -0.2) is 14.7 Å². The van der Waals surface area contributed by atoms with E-state index >= 15 is 0 Å². The number of aldehydes is 1.